The molecular formula is C19H21ClN2O3S. The summed E-state index contributed by atoms with van der Waals surface area (Å²) in [6.45, 7) is 1.66. The lowest BCUT2D eigenvalue weighted by Crippen LogP contribution is -2.43. The number of hydrazine groups is 1. The summed E-state index contributed by atoms with van der Waals surface area (Å²) in [7, 11) is 0. The fraction of sp³-hybridized carbons (Fsp3) is 0.263. The zero-order chi connectivity index (χ0) is 18.8. The van der Waals surface area contributed by atoms with Gasteiger partial charge in [0.15, 0.2) is 6.61 Å². The molecule has 2 aromatic carbocycles. The fourth-order valence-corrected chi connectivity index (χ4v) is 3.02. The molecule has 0 fully saturated rings. The Kier molecular flexibility index (Phi) is 8.31. The van der Waals surface area contributed by atoms with E-state index in [9.17, 15) is 9.59 Å². The van der Waals surface area contributed by atoms with Crippen molar-refractivity contribution in [2.45, 2.75) is 24.7 Å². The molecule has 0 aliphatic carbocycles. The molecule has 0 saturated carbocycles. The van der Waals surface area contributed by atoms with Gasteiger partial charge in [0.05, 0.1) is 0 Å². The lowest BCUT2D eigenvalue weighted by atomic mass is 10.2. The van der Waals surface area contributed by atoms with Gasteiger partial charge in [-0.2, -0.15) is 0 Å². The zero-order valence-electron chi connectivity index (χ0n) is 14.5. The topological polar surface area (TPSA) is 67.4 Å². The number of amides is 2. The van der Waals surface area contributed by atoms with Crippen molar-refractivity contribution >= 4 is 35.2 Å². The second-order valence-electron chi connectivity index (χ2n) is 5.56. The van der Waals surface area contributed by atoms with Crippen LogP contribution < -0.4 is 15.6 Å². The number of nitrogens with one attached hydrogen (secondary N) is 2. The van der Waals surface area contributed by atoms with Gasteiger partial charge in [-0.1, -0.05) is 29.8 Å². The van der Waals surface area contributed by atoms with Gasteiger partial charge in [-0.25, -0.2) is 0 Å². The molecule has 26 heavy (non-hydrogen) atoms. The molecule has 0 aliphatic heterocycles. The third-order valence-electron chi connectivity index (χ3n) is 3.40. The maximum Gasteiger partial charge on any atom is 0.276 e. The van der Waals surface area contributed by atoms with Gasteiger partial charge in [-0.05, 0) is 55.0 Å². The van der Waals surface area contributed by atoms with Gasteiger partial charge < -0.3 is 4.74 Å². The monoisotopic (exact) mass is 392 g/mol. The van der Waals surface area contributed by atoms with Crippen LogP contribution in [0.15, 0.2) is 53.4 Å². The maximum absolute atomic E-state index is 11.7. The molecule has 5 nitrogen and oxygen atoms in total. The molecule has 7 heteroatoms. The molecule has 2 N–H and O–H groups in total. The molecule has 0 unspecified atom stereocenters. The molecule has 0 radical (unpaired) electrons. The van der Waals surface area contributed by atoms with E-state index in [1.165, 1.54) is 4.90 Å². The molecule has 138 valence electrons. The highest BCUT2D eigenvalue weighted by molar-refractivity contribution is 7.99. The maximum atomic E-state index is 11.7. The summed E-state index contributed by atoms with van der Waals surface area (Å²) in [4.78, 5) is 24.6. The molecule has 2 rings (SSSR count). The summed E-state index contributed by atoms with van der Waals surface area (Å²) in [5.41, 5.74) is 5.60. The summed E-state index contributed by atoms with van der Waals surface area (Å²) >= 11 is 7.63. The average Bonchev–Trinajstić information content (AvgIpc) is 2.65. The number of carbonyl (C=O) groups is 2. The van der Waals surface area contributed by atoms with Crippen LogP contribution in [0.3, 0.4) is 0 Å². The van der Waals surface area contributed by atoms with Crippen molar-refractivity contribution < 1.29 is 14.3 Å². The van der Waals surface area contributed by atoms with E-state index in [2.05, 4.69) is 10.9 Å². The number of hydrogen-bond acceptors (Lipinski definition) is 4. The van der Waals surface area contributed by atoms with Gasteiger partial charge >= 0.3 is 0 Å². The third kappa shape index (κ3) is 7.37. The number of aryl methyl sites for hydroxylation is 1. The SMILES string of the molecule is Cc1cc(OCC(=O)NNC(=O)CCCSc2ccccc2)ccc1Cl. The summed E-state index contributed by atoms with van der Waals surface area (Å²) in [6.07, 6.45) is 1.07. The molecule has 0 aliphatic rings. The van der Waals surface area contributed by atoms with Crippen LogP contribution in [-0.2, 0) is 9.59 Å². The van der Waals surface area contributed by atoms with Crippen molar-refractivity contribution in [3.63, 3.8) is 0 Å². The normalized spacial score (nSPS) is 10.2. The van der Waals surface area contributed by atoms with Gasteiger partial charge in [0, 0.05) is 16.3 Å². The van der Waals surface area contributed by atoms with Gasteiger partial charge in [0.25, 0.3) is 5.91 Å². The predicted octanol–water partition coefficient (Wildman–Crippen LogP) is 3.75. The minimum atomic E-state index is -0.426. The second kappa shape index (κ2) is 10.7. The van der Waals surface area contributed by atoms with E-state index in [-0.39, 0.29) is 12.5 Å². The van der Waals surface area contributed by atoms with Gasteiger partial charge in [-0.3, -0.25) is 20.4 Å². The van der Waals surface area contributed by atoms with Crippen LogP contribution >= 0.6 is 23.4 Å². The lowest BCUT2D eigenvalue weighted by molar-refractivity contribution is -0.130. The van der Waals surface area contributed by atoms with Crippen molar-refractivity contribution in [2.75, 3.05) is 12.4 Å². The average molecular weight is 393 g/mol. The number of carbonyl (C=O) groups excluding carboxylic acids is 2. The predicted molar refractivity (Wildman–Crippen MR) is 104 cm³/mol. The lowest BCUT2D eigenvalue weighted by Gasteiger charge is -2.09. The van der Waals surface area contributed by atoms with Crippen LogP contribution in [0.1, 0.15) is 18.4 Å². The Labute approximate surface area is 162 Å². The number of benzene rings is 2. The summed E-state index contributed by atoms with van der Waals surface area (Å²) in [5, 5.41) is 0.638. The van der Waals surface area contributed by atoms with Crippen molar-refractivity contribution in [1.29, 1.82) is 0 Å². The van der Waals surface area contributed by atoms with Crippen LogP contribution in [0.4, 0.5) is 0 Å². The van der Waals surface area contributed by atoms with Crippen LogP contribution in [0.5, 0.6) is 5.75 Å². The highest BCUT2D eigenvalue weighted by Crippen LogP contribution is 2.21. The number of thioether (sulfide) groups is 1. The van der Waals surface area contributed by atoms with Gasteiger partial charge in [0.2, 0.25) is 5.91 Å². The molecule has 0 aromatic heterocycles. The Balaban J connectivity index is 1.57. The zero-order valence-corrected chi connectivity index (χ0v) is 16.0. The van der Waals surface area contributed by atoms with E-state index in [1.807, 2.05) is 37.3 Å². The first kappa shape index (κ1) is 20.1. The minimum absolute atomic E-state index is 0.189. The van der Waals surface area contributed by atoms with E-state index in [0.717, 1.165) is 17.7 Å². The Morgan fingerprint density at radius 3 is 2.54 bits per heavy atom. The molecular weight excluding hydrogens is 372 g/mol. The molecule has 0 heterocycles. The number of hydrogen-bond donors (Lipinski definition) is 2. The van der Waals surface area contributed by atoms with Crippen LogP contribution in [-0.4, -0.2) is 24.2 Å². The van der Waals surface area contributed by atoms with Gasteiger partial charge in [0.1, 0.15) is 5.75 Å². The molecule has 0 bridgehead atoms. The highest BCUT2D eigenvalue weighted by Gasteiger charge is 2.06. The number of halogens is 1. The number of rotatable bonds is 8. The summed E-state index contributed by atoms with van der Waals surface area (Å²) in [6, 6.07) is 15.2. The summed E-state index contributed by atoms with van der Waals surface area (Å²) in [5.74, 6) is 0.731. The van der Waals surface area contributed by atoms with E-state index in [1.54, 1.807) is 30.0 Å². The Morgan fingerprint density at radius 2 is 1.81 bits per heavy atom. The van der Waals surface area contributed by atoms with E-state index in [0.29, 0.717) is 17.2 Å². The minimum Gasteiger partial charge on any atom is -0.484 e. The molecule has 2 amide bonds. The molecule has 0 spiro atoms. The largest absolute Gasteiger partial charge is 0.484 e. The standard InChI is InChI=1S/C19H21ClN2O3S/c1-14-12-15(9-10-17(14)20)25-13-19(24)22-21-18(23)8-5-11-26-16-6-3-2-4-7-16/h2-4,6-7,9-10,12H,5,8,11,13H2,1H3,(H,21,23)(H,22,24). The van der Waals surface area contributed by atoms with Gasteiger partial charge in [-0.15, -0.1) is 11.8 Å². The second-order valence-corrected chi connectivity index (χ2v) is 7.14. The first-order valence-corrected chi connectivity index (χ1v) is 9.55. The Bertz CT molecular complexity index is 741. The van der Waals surface area contributed by atoms with E-state index >= 15 is 0 Å². The first-order chi connectivity index (χ1) is 12.5. The fourth-order valence-electron chi connectivity index (χ4n) is 2.03. The van der Waals surface area contributed by atoms with Crippen molar-refractivity contribution in [3.8, 4) is 5.75 Å². The summed E-state index contributed by atoms with van der Waals surface area (Å²) < 4.78 is 5.36. The van der Waals surface area contributed by atoms with Crippen molar-refractivity contribution in [2.24, 2.45) is 0 Å². The van der Waals surface area contributed by atoms with Crippen molar-refractivity contribution in [3.05, 3.63) is 59.1 Å². The van der Waals surface area contributed by atoms with E-state index < -0.39 is 5.91 Å². The Hall–Kier alpha value is -2.18. The van der Waals surface area contributed by atoms with Crippen LogP contribution in [0.2, 0.25) is 5.02 Å². The Morgan fingerprint density at radius 1 is 1.08 bits per heavy atom. The smallest absolute Gasteiger partial charge is 0.276 e. The third-order valence-corrected chi connectivity index (χ3v) is 4.92. The first-order valence-electron chi connectivity index (χ1n) is 8.19. The molecule has 0 atom stereocenters. The van der Waals surface area contributed by atoms with E-state index in [4.69, 9.17) is 16.3 Å². The molecule has 2 aromatic rings. The quantitative estimate of drug-likeness (QED) is 0.408. The molecule has 0 saturated heterocycles. The number of ether oxygens (including phenoxy) is 1. The van der Waals surface area contributed by atoms with Crippen LogP contribution in [0, 0.1) is 6.92 Å². The highest BCUT2D eigenvalue weighted by atomic mass is 35.5. The van der Waals surface area contributed by atoms with Crippen molar-refractivity contribution in [1.82, 2.24) is 10.9 Å². The van der Waals surface area contributed by atoms with Crippen LogP contribution in [0.25, 0.3) is 0 Å².